The van der Waals surface area contributed by atoms with Crippen molar-refractivity contribution in [3.05, 3.63) is 59.4 Å². The van der Waals surface area contributed by atoms with E-state index in [0.29, 0.717) is 12.3 Å². The van der Waals surface area contributed by atoms with E-state index in [1.165, 1.54) is 0 Å². The number of aromatic hydroxyl groups is 1. The molecule has 0 bridgehead atoms. The zero-order valence-electron chi connectivity index (χ0n) is 13.4. The minimum Gasteiger partial charge on any atom is -0.508 e. The van der Waals surface area contributed by atoms with Crippen molar-refractivity contribution < 1.29 is 5.11 Å². The molecule has 1 aromatic heterocycles. The van der Waals surface area contributed by atoms with Crippen molar-refractivity contribution in [1.82, 2.24) is 9.55 Å². The van der Waals surface area contributed by atoms with E-state index in [9.17, 15) is 5.11 Å². The Balaban J connectivity index is 2.24. The second kappa shape index (κ2) is 6.98. The minimum atomic E-state index is 0.302. The van der Waals surface area contributed by atoms with Crippen molar-refractivity contribution in [1.29, 1.82) is 0 Å². The fraction of sp³-hybridized carbons (Fsp3) is 0.278. The Labute approximate surface area is 131 Å². The molecular formula is C18H23N3O. The quantitative estimate of drug-likeness (QED) is 0.791. The zero-order chi connectivity index (χ0) is 16.1. The van der Waals surface area contributed by atoms with Crippen LogP contribution >= 0.6 is 0 Å². The van der Waals surface area contributed by atoms with Gasteiger partial charge in [0.05, 0.1) is 11.4 Å². The van der Waals surface area contributed by atoms with Crippen molar-refractivity contribution in [3.8, 4) is 5.75 Å². The van der Waals surface area contributed by atoms with Crippen molar-refractivity contribution >= 4 is 12.0 Å². The van der Waals surface area contributed by atoms with Crippen LogP contribution < -0.4 is 5.32 Å². The maximum absolute atomic E-state index is 9.93. The highest BCUT2D eigenvalue weighted by molar-refractivity contribution is 5.54. The molecule has 22 heavy (non-hydrogen) atoms. The molecule has 1 heterocycles. The summed E-state index contributed by atoms with van der Waals surface area (Å²) in [7, 11) is 0. The molecule has 0 radical (unpaired) electrons. The van der Waals surface area contributed by atoms with Gasteiger partial charge in [-0.2, -0.15) is 0 Å². The number of hydrogen-bond acceptors (Lipinski definition) is 3. The number of nitrogens with one attached hydrogen (secondary N) is 1. The molecule has 2 aromatic rings. The van der Waals surface area contributed by atoms with Crippen LogP contribution in [0.3, 0.4) is 0 Å². The normalized spacial score (nSPS) is 11.0. The monoisotopic (exact) mass is 297 g/mol. The van der Waals surface area contributed by atoms with Gasteiger partial charge in [-0.25, -0.2) is 4.98 Å². The first kappa shape index (κ1) is 15.9. The highest BCUT2D eigenvalue weighted by Crippen LogP contribution is 2.21. The molecule has 116 valence electrons. The van der Waals surface area contributed by atoms with Crippen LogP contribution in [0.1, 0.15) is 29.4 Å². The molecule has 4 heteroatoms. The Hall–Kier alpha value is -2.49. The van der Waals surface area contributed by atoms with Gasteiger partial charge in [0.15, 0.2) is 0 Å². The number of phenolic OH excluding ortho intramolecular Hbond substituents is 1. The van der Waals surface area contributed by atoms with Crippen LogP contribution in [0, 0.1) is 13.8 Å². The highest BCUT2D eigenvalue weighted by Gasteiger charge is 2.11. The van der Waals surface area contributed by atoms with E-state index in [1.807, 2.05) is 38.1 Å². The second-order valence-electron chi connectivity index (χ2n) is 5.23. The number of nitrogens with zero attached hydrogens (tertiary/aromatic N) is 2. The lowest BCUT2D eigenvalue weighted by molar-refractivity contribution is 0.469. The van der Waals surface area contributed by atoms with Crippen molar-refractivity contribution in [3.63, 3.8) is 0 Å². The molecule has 0 unspecified atom stereocenters. The van der Waals surface area contributed by atoms with Gasteiger partial charge >= 0.3 is 0 Å². The summed E-state index contributed by atoms with van der Waals surface area (Å²) in [6.07, 6.45) is 5.67. The third-order valence-corrected chi connectivity index (χ3v) is 3.57. The molecule has 0 aliphatic carbocycles. The van der Waals surface area contributed by atoms with Gasteiger partial charge in [0, 0.05) is 18.7 Å². The lowest BCUT2D eigenvalue weighted by Crippen LogP contribution is -2.08. The first-order valence-electron chi connectivity index (χ1n) is 7.45. The maximum Gasteiger partial charge on any atom is 0.203 e. The van der Waals surface area contributed by atoms with E-state index in [4.69, 9.17) is 0 Å². The van der Waals surface area contributed by atoms with Gasteiger partial charge in [0.2, 0.25) is 5.95 Å². The number of allylic oxidation sites excluding steroid dienone is 2. The fourth-order valence-electron chi connectivity index (χ4n) is 2.44. The van der Waals surface area contributed by atoms with Crippen LogP contribution in [-0.4, -0.2) is 14.7 Å². The van der Waals surface area contributed by atoms with Crippen LogP contribution in [-0.2, 0) is 13.1 Å². The van der Waals surface area contributed by atoms with Crippen LogP contribution in [0.2, 0.25) is 0 Å². The first-order chi connectivity index (χ1) is 10.6. The highest BCUT2D eigenvalue weighted by atomic mass is 16.3. The molecule has 2 rings (SSSR count). The molecule has 0 saturated carbocycles. The molecule has 2 N–H and O–H groups in total. The van der Waals surface area contributed by atoms with Crippen LogP contribution in [0.5, 0.6) is 5.75 Å². The Morgan fingerprint density at radius 1 is 1.36 bits per heavy atom. The van der Waals surface area contributed by atoms with E-state index < -0.39 is 0 Å². The van der Waals surface area contributed by atoms with Gasteiger partial charge in [-0.1, -0.05) is 36.4 Å². The number of aromatic nitrogens is 2. The average Bonchev–Trinajstić information content (AvgIpc) is 2.81. The maximum atomic E-state index is 9.93. The predicted molar refractivity (Wildman–Crippen MR) is 92.0 cm³/mol. The minimum absolute atomic E-state index is 0.302. The number of imidazole rings is 1. The lowest BCUT2D eigenvalue weighted by atomic mass is 10.1. The fourth-order valence-corrected chi connectivity index (χ4v) is 2.44. The molecule has 0 aliphatic heterocycles. The molecule has 0 spiro atoms. The summed E-state index contributed by atoms with van der Waals surface area (Å²) < 4.78 is 2.11. The Bertz CT molecular complexity index is 699. The number of benzene rings is 1. The summed E-state index contributed by atoms with van der Waals surface area (Å²) in [5.41, 5.74) is 4.03. The van der Waals surface area contributed by atoms with Crippen molar-refractivity contribution in [2.24, 2.45) is 0 Å². The van der Waals surface area contributed by atoms with E-state index in [0.717, 1.165) is 35.0 Å². The van der Waals surface area contributed by atoms with Gasteiger partial charge in [0.25, 0.3) is 0 Å². The second-order valence-corrected chi connectivity index (χ2v) is 5.23. The van der Waals surface area contributed by atoms with E-state index in [-0.39, 0.29) is 0 Å². The number of hydrogen-bond donors (Lipinski definition) is 2. The standard InChI is InChI=1S/C18H23N3O/c1-5-7-8-16-14(4)20-18(21(16)6-2)19-12-15-11-13(3)9-10-17(15)22/h5,7-11,22H,1,6,12H2,2-4H3,(H,19,20)/b8-7-. The van der Waals surface area contributed by atoms with E-state index >= 15 is 0 Å². The molecule has 0 atom stereocenters. The average molecular weight is 297 g/mol. The summed E-state index contributed by atoms with van der Waals surface area (Å²) in [5, 5.41) is 13.2. The van der Waals surface area contributed by atoms with E-state index in [1.54, 1.807) is 12.1 Å². The van der Waals surface area contributed by atoms with Gasteiger partial charge < -0.3 is 15.0 Å². The third-order valence-electron chi connectivity index (χ3n) is 3.57. The summed E-state index contributed by atoms with van der Waals surface area (Å²) in [6, 6.07) is 5.60. The Kier molecular flexibility index (Phi) is 5.04. The summed E-state index contributed by atoms with van der Waals surface area (Å²) in [6.45, 7) is 11.1. The molecule has 0 fully saturated rings. The smallest absolute Gasteiger partial charge is 0.203 e. The summed E-state index contributed by atoms with van der Waals surface area (Å²) in [4.78, 5) is 4.59. The number of rotatable bonds is 6. The molecule has 1 aromatic carbocycles. The number of aryl methyl sites for hydroxylation is 2. The summed E-state index contributed by atoms with van der Waals surface area (Å²) in [5.74, 6) is 1.11. The van der Waals surface area contributed by atoms with Crippen LogP contribution in [0.4, 0.5) is 5.95 Å². The summed E-state index contributed by atoms with van der Waals surface area (Å²) >= 11 is 0. The van der Waals surface area contributed by atoms with Gasteiger partial charge in [-0.3, -0.25) is 0 Å². The Morgan fingerprint density at radius 2 is 2.14 bits per heavy atom. The van der Waals surface area contributed by atoms with E-state index in [2.05, 4.69) is 28.4 Å². The molecule has 0 aliphatic rings. The van der Waals surface area contributed by atoms with Crippen molar-refractivity contribution in [2.75, 3.05) is 5.32 Å². The van der Waals surface area contributed by atoms with Gasteiger partial charge in [-0.15, -0.1) is 0 Å². The van der Waals surface area contributed by atoms with Crippen molar-refractivity contribution in [2.45, 2.75) is 33.9 Å². The van der Waals surface area contributed by atoms with Gasteiger partial charge in [-0.05, 0) is 32.9 Å². The van der Waals surface area contributed by atoms with Crippen LogP contribution in [0.15, 0.2) is 36.9 Å². The first-order valence-corrected chi connectivity index (χ1v) is 7.45. The third kappa shape index (κ3) is 3.39. The zero-order valence-corrected chi connectivity index (χ0v) is 13.4. The van der Waals surface area contributed by atoms with Gasteiger partial charge in [0.1, 0.15) is 5.75 Å². The SMILES string of the molecule is C=C/C=C\c1c(C)nc(NCc2cc(C)ccc2O)n1CC. The largest absolute Gasteiger partial charge is 0.508 e. The predicted octanol–water partition coefficient (Wildman–Crippen LogP) is 4.04. The van der Waals surface area contributed by atoms with Crippen LogP contribution in [0.25, 0.3) is 6.08 Å². The molecule has 0 saturated heterocycles. The number of phenols is 1. The Morgan fingerprint density at radius 3 is 2.82 bits per heavy atom. The molecule has 4 nitrogen and oxygen atoms in total. The molecule has 0 amide bonds. The number of anilines is 1. The topological polar surface area (TPSA) is 50.1 Å². The molecular weight excluding hydrogens is 274 g/mol. The lowest BCUT2D eigenvalue weighted by Gasteiger charge is -2.11.